The topological polar surface area (TPSA) is 78.9 Å². The van der Waals surface area contributed by atoms with Crippen LogP contribution < -0.4 is 0 Å². The van der Waals surface area contributed by atoms with Gasteiger partial charge in [-0.2, -0.15) is 0 Å². The molecule has 1 unspecified atom stereocenters. The van der Waals surface area contributed by atoms with E-state index in [0.29, 0.717) is 12.8 Å². The lowest BCUT2D eigenvalue weighted by Crippen LogP contribution is -2.30. The Labute approximate surface area is 451 Å². The highest BCUT2D eigenvalue weighted by atomic mass is 16.6. The molecule has 1 atom stereocenters. The van der Waals surface area contributed by atoms with E-state index in [9.17, 15) is 14.4 Å². The molecule has 0 aliphatic heterocycles. The second kappa shape index (κ2) is 60.9. The number of unbranched alkanes of at least 4 members (excludes halogenated alkanes) is 28. The molecule has 0 radical (unpaired) electrons. The van der Waals surface area contributed by atoms with Gasteiger partial charge in [-0.1, -0.05) is 266 Å². The quantitative estimate of drug-likeness (QED) is 0.0261. The summed E-state index contributed by atoms with van der Waals surface area (Å²) < 4.78 is 16.7. The van der Waals surface area contributed by atoms with E-state index in [1.54, 1.807) is 0 Å². The molecule has 6 nitrogen and oxygen atoms in total. The predicted octanol–water partition coefficient (Wildman–Crippen LogP) is 20.9. The van der Waals surface area contributed by atoms with E-state index in [1.807, 2.05) is 0 Å². The highest BCUT2D eigenvalue weighted by Gasteiger charge is 2.19. The van der Waals surface area contributed by atoms with E-state index < -0.39 is 6.10 Å². The van der Waals surface area contributed by atoms with Crippen molar-refractivity contribution in [3.63, 3.8) is 0 Å². The third-order valence-electron chi connectivity index (χ3n) is 13.1. The summed E-state index contributed by atoms with van der Waals surface area (Å²) >= 11 is 0. The Balaban J connectivity index is 4.04. The van der Waals surface area contributed by atoms with Gasteiger partial charge >= 0.3 is 17.9 Å². The van der Waals surface area contributed by atoms with Crippen LogP contribution in [0.5, 0.6) is 0 Å². The molecule has 0 aromatic carbocycles. The number of carbonyl (C=O) groups excluding carboxylic acids is 3. The van der Waals surface area contributed by atoms with E-state index in [0.717, 1.165) is 116 Å². The van der Waals surface area contributed by atoms with Crippen LogP contribution >= 0.6 is 0 Å². The van der Waals surface area contributed by atoms with Crippen LogP contribution in [-0.4, -0.2) is 37.2 Å². The van der Waals surface area contributed by atoms with Crippen LogP contribution in [0, 0.1) is 0 Å². The predicted molar refractivity (Wildman–Crippen MR) is 316 cm³/mol. The summed E-state index contributed by atoms with van der Waals surface area (Å²) in [6.45, 7) is 6.41. The van der Waals surface area contributed by atoms with Gasteiger partial charge in [0.25, 0.3) is 0 Å². The average molecular weight is 1020 g/mol. The fourth-order valence-electron chi connectivity index (χ4n) is 8.48. The lowest BCUT2D eigenvalue weighted by atomic mass is 10.0. The second-order valence-electron chi connectivity index (χ2n) is 20.2. The molecule has 0 rings (SSSR count). The van der Waals surface area contributed by atoms with Crippen LogP contribution in [-0.2, 0) is 28.6 Å². The molecule has 0 saturated carbocycles. The Kier molecular flexibility index (Phi) is 57.8. The van der Waals surface area contributed by atoms with Gasteiger partial charge in [0.05, 0.1) is 0 Å². The third-order valence-corrected chi connectivity index (χ3v) is 13.1. The maximum absolute atomic E-state index is 12.8. The van der Waals surface area contributed by atoms with Crippen molar-refractivity contribution in [3.8, 4) is 0 Å². The van der Waals surface area contributed by atoms with Crippen LogP contribution in [0.1, 0.15) is 290 Å². The van der Waals surface area contributed by atoms with E-state index >= 15 is 0 Å². The molecule has 0 aliphatic rings. The molecule has 0 N–H and O–H groups in total. The SMILES string of the molecule is CC/C=C\C/C=C\C/C=C\C/C=C\C/C=C\CCCCCC(=O)OC(COC(=O)CCCCCCC)COC(=O)CCCCCCCCCCCCCCCCCC/C=C\C/C=C\C/C=C\CCCCCCC. The van der Waals surface area contributed by atoms with Gasteiger partial charge in [-0.3, -0.25) is 14.4 Å². The van der Waals surface area contributed by atoms with Crippen molar-refractivity contribution in [2.24, 2.45) is 0 Å². The van der Waals surface area contributed by atoms with Crippen LogP contribution in [0.25, 0.3) is 0 Å². The van der Waals surface area contributed by atoms with Crippen molar-refractivity contribution in [2.45, 2.75) is 297 Å². The number of esters is 3. The Morgan fingerprint density at radius 2 is 0.534 bits per heavy atom. The molecular formula is C67H114O6. The monoisotopic (exact) mass is 1010 g/mol. The number of hydrogen-bond donors (Lipinski definition) is 0. The van der Waals surface area contributed by atoms with E-state index in [-0.39, 0.29) is 37.5 Å². The fourth-order valence-corrected chi connectivity index (χ4v) is 8.48. The smallest absolute Gasteiger partial charge is 0.306 e. The lowest BCUT2D eigenvalue weighted by molar-refractivity contribution is -0.167. The summed E-state index contributed by atoms with van der Waals surface area (Å²) in [6, 6.07) is 0. The molecule has 0 aromatic rings. The molecule has 0 aliphatic carbocycles. The second-order valence-corrected chi connectivity index (χ2v) is 20.2. The van der Waals surface area contributed by atoms with Crippen LogP contribution in [0.4, 0.5) is 0 Å². The number of hydrogen-bond acceptors (Lipinski definition) is 6. The van der Waals surface area contributed by atoms with Crippen molar-refractivity contribution < 1.29 is 28.6 Å². The molecule has 0 saturated heterocycles. The highest BCUT2D eigenvalue weighted by molar-refractivity contribution is 5.71. The summed E-state index contributed by atoms with van der Waals surface area (Å²) in [5.74, 6) is -0.933. The number of allylic oxidation sites excluding steroid dienone is 16. The highest BCUT2D eigenvalue weighted by Crippen LogP contribution is 2.16. The number of rotatable bonds is 55. The zero-order valence-electron chi connectivity index (χ0n) is 47.9. The molecule has 0 heterocycles. The van der Waals surface area contributed by atoms with Crippen LogP contribution in [0.2, 0.25) is 0 Å². The van der Waals surface area contributed by atoms with E-state index in [1.165, 1.54) is 135 Å². The summed E-state index contributed by atoms with van der Waals surface area (Å²) in [5.41, 5.74) is 0. The van der Waals surface area contributed by atoms with E-state index in [2.05, 4.69) is 118 Å². The van der Waals surface area contributed by atoms with Crippen molar-refractivity contribution >= 4 is 17.9 Å². The minimum absolute atomic E-state index is 0.0900. The Hall–Kier alpha value is -3.67. The van der Waals surface area contributed by atoms with Gasteiger partial charge in [-0.25, -0.2) is 0 Å². The maximum Gasteiger partial charge on any atom is 0.306 e. The summed E-state index contributed by atoms with van der Waals surface area (Å²) in [6.07, 6.45) is 81.8. The molecule has 73 heavy (non-hydrogen) atoms. The molecule has 0 bridgehead atoms. The summed E-state index contributed by atoms with van der Waals surface area (Å²) in [7, 11) is 0. The van der Waals surface area contributed by atoms with Crippen LogP contribution in [0.3, 0.4) is 0 Å². The maximum atomic E-state index is 12.8. The van der Waals surface area contributed by atoms with Gasteiger partial charge in [0, 0.05) is 19.3 Å². The third kappa shape index (κ3) is 59.1. The molecule has 0 spiro atoms. The summed E-state index contributed by atoms with van der Waals surface area (Å²) in [4.78, 5) is 37.8. The molecule has 418 valence electrons. The van der Waals surface area contributed by atoms with Gasteiger partial charge in [-0.15, -0.1) is 0 Å². The average Bonchev–Trinajstić information content (AvgIpc) is 3.39. The first-order valence-corrected chi connectivity index (χ1v) is 30.7. The van der Waals surface area contributed by atoms with Gasteiger partial charge in [0.15, 0.2) is 6.10 Å². The first kappa shape index (κ1) is 69.3. The zero-order valence-corrected chi connectivity index (χ0v) is 47.9. The van der Waals surface area contributed by atoms with Gasteiger partial charge in [0.1, 0.15) is 13.2 Å². The van der Waals surface area contributed by atoms with Crippen molar-refractivity contribution in [1.29, 1.82) is 0 Å². The largest absolute Gasteiger partial charge is 0.462 e. The number of ether oxygens (including phenoxy) is 3. The molecule has 6 heteroatoms. The van der Waals surface area contributed by atoms with Gasteiger partial charge < -0.3 is 14.2 Å². The first-order valence-electron chi connectivity index (χ1n) is 30.7. The number of carbonyl (C=O) groups is 3. The van der Waals surface area contributed by atoms with Gasteiger partial charge in [-0.05, 0) is 103 Å². The normalized spacial score (nSPS) is 12.8. The molecule has 0 amide bonds. The fraction of sp³-hybridized carbons (Fsp3) is 0.716. The molecule has 0 aromatic heterocycles. The molecule has 0 fully saturated rings. The Morgan fingerprint density at radius 3 is 0.849 bits per heavy atom. The zero-order chi connectivity index (χ0) is 52.9. The lowest BCUT2D eigenvalue weighted by Gasteiger charge is -2.18. The van der Waals surface area contributed by atoms with E-state index in [4.69, 9.17) is 14.2 Å². The van der Waals surface area contributed by atoms with Crippen molar-refractivity contribution in [1.82, 2.24) is 0 Å². The Bertz CT molecular complexity index is 1440. The standard InChI is InChI=1S/C67H114O6/c1-4-7-10-13-15-17-19-21-23-25-27-28-29-30-31-32-33-34-35-36-37-38-40-41-43-45-47-49-51-54-57-60-66(69)72-63-64(62-71-65(68)59-56-53-12-9-6-3)73-67(70)61-58-55-52-50-48-46-44-42-39-26-24-22-20-18-16-14-11-8-5-2/h8,11,16,18-19,21-22,24-25,27,29-30,39,42,46,48,64H,4-7,9-10,12-15,17,20,23,26,28,31-38,40-41,43-45,47,49-63H2,1-3H3/b11-8-,18-16-,21-19-,24-22-,27-25-,30-29-,42-39-,48-46-. The van der Waals surface area contributed by atoms with Crippen LogP contribution in [0.15, 0.2) is 97.2 Å². The summed E-state index contributed by atoms with van der Waals surface area (Å²) in [5, 5.41) is 0. The molecular weight excluding hydrogens is 901 g/mol. The minimum Gasteiger partial charge on any atom is -0.462 e. The van der Waals surface area contributed by atoms with Crippen molar-refractivity contribution in [3.05, 3.63) is 97.2 Å². The van der Waals surface area contributed by atoms with Crippen molar-refractivity contribution in [2.75, 3.05) is 13.2 Å². The Morgan fingerprint density at radius 1 is 0.288 bits per heavy atom. The van der Waals surface area contributed by atoms with Gasteiger partial charge in [0.2, 0.25) is 0 Å². The first-order chi connectivity index (χ1) is 36.0. The minimum atomic E-state index is -0.791.